The molecule has 0 radical (unpaired) electrons. The fourth-order valence-corrected chi connectivity index (χ4v) is 6.83. The molecule has 0 aliphatic heterocycles. The maximum absolute atomic E-state index is 12.0. The monoisotopic (exact) mass is 648 g/mol. The average molecular weight is 649 g/mol. The molecule has 2 atom stereocenters. The largest absolute Gasteiger partial charge is 0.777 e. The molecule has 2 rings (SSSR count). The number of unbranched alkanes of at least 4 members (excludes halogenated alkanes) is 13. The molecule has 0 saturated carbocycles. The SMILES string of the molecule is CCCCCCCCCCCCCCCCOCCCOP(=O)([O-])OP(=O)([O-])COCCn1cnc2c(N)nc(N)nc21. The number of imidazole rings is 1. The van der Waals surface area contributed by atoms with Crippen molar-refractivity contribution >= 4 is 38.3 Å². The van der Waals surface area contributed by atoms with Gasteiger partial charge in [-0.25, -0.2) is 4.98 Å². The fraction of sp³-hybridized carbons (Fsp3) is 0.815. The number of nitrogens with zero attached hydrogens (tertiary/aromatic N) is 4. The first-order valence-electron chi connectivity index (χ1n) is 15.5. The number of phosphoric acid groups is 1. The Labute approximate surface area is 255 Å². The molecule has 248 valence electrons. The van der Waals surface area contributed by atoms with E-state index < -0.39 is 21.8 Å². The van der Waals surface area contributed by atoms with Gasteiger partial charge in [0.25, 0.3) is 7.82 Å². The third kappa shape index (κ3) is 16.9. The maximum Gasteiger partial charge on any atom is 0.272 e. The molecule has 2 unspecified atom stereocenters. The van der Waals surface area contributed by atoms with Crippen molar-refractivity contribution in [3.8, 4) is 0 Å². The van der Waals surface area contributed by atoms with Gasteiger partial charge in [0, 0.05) is 19.8 Å². The molecule has 2 aromatic heterocycles. The van der Waals surface area contributed by atoms with Crippen molar-refractivity contribution in [1.82, 2.24) is 19.5 Å². The summed E-state index contributed by atoms with van der Waals surface area (Å²) in [6, 6.07) is 0. The third-order valence-corrected chi connectivity index (χ3v) is 9.58. The van der Waals surface area contributed by atoms with E-state index in [0.717, 1.165) is 12.8 Å². The van der Waals surface area contributed by atoms with Gasteiger partial charge in [0.15, 0.2) is 19.1 Å². The molecule has 16 heteroatoms. The lowest BCUT2D eigenvalue weighted by Gasteiger charge is -2.31. The molecule has 2 aromatic rings. The van der Waals surface area contributed by atoms with Crippen LogP contribution in [0.4, 0.5) is 11.8 Å². The molecule has 43 heavy (non-hydrogen) atoms. The smallest absolute Gasteiger partial charge is 0.272 e. The lowest BCUT2D eigenvalue weighted by atomic mass is 10.0. The molecule has 0 saturated heterocycles. The minimum absolute atomic E-state index is 0.0343. The first kappa shape index (κ1) is 37.6. The fourth-order valence-electron chi connectivity index (χ4n) is 4.52. The Bertz CT molecular complexity index is 1140. The van der Waals surface area contributed by atoms with Crippen molar-refractivity contribution in [3.63, 3.8) is 0 Å². The van der Waals surface area contributed by atoms with E-state index in [4.69, 9.17) is 20.9 Å². The van der Waals surface area contributed by atoms with Crippen molar-refractivity contribution in [3.05, 3.63) is 6.33 Å². The summed E-state index contributed by atoms with van der Waals surface area (Å²) in [5, 5.41) is 0. The van der Waals surface area contributed by atoms with E-state index in [2.05, 4.69) is 30.7 Å². The van der Waals surface area contributed by atoms with Crippen molar-refractivity contribution in [2.45, 2.75) is 110 Å². The van der Waals surface area contributed by atoms with Crippen molar-refractivity contribution in [2.24, 2.45) is 0 Å². The molecule has 2 heterocycles. The molecule has 0 aliphatic carbocycles. The van der Waals surface area contributed by atoms with E-state index in [-0.39, 0.29) is 37.9 Å². The summed E-state index contributed by atoms with van der Waals surface area (Å²) in [4.78, 5) is 35.9. The Morgan fingerprint density at radius 2 is 1.35 bits per heavy atom. The van der Waals surface area contributed by atoms with Crippen molar-refractivity contribution in [2.75, 3.05) is 44.2 Å². The number of hydrogen-bond acceptors (Lipinski definition) is 13. The summed E-state index contributed by atoms with van der Waals surface area (Å²) < 4.78 is 45.0. The zero-order valence-electron chi connectivity index (χ0n) is 25.5. The molecule has 0 aromatic carbocycles. The van der Waals surface area contributed by atoms with Crippen LogP contribution < -0.4 is 21.3 Å². The Hall–Kier alpha value is -1.63. The first-order chi connectivity index (χ1) is 20.6. The van der Waals surface area contributed by atoms with Gasteiger partial charge in [-0.1, -0.05) is 90.4 Å². The second kappa shape index (κ2) is 21.2. The summed E-state index contributed by atoms with van der Waals surface area (Å²) in [5.41, 5.74) is 12.0. The topological polar surface area (TPSA) is 213 Å². The summed E-state index contributed by atoms with van der Waals surface area (Å²) in [6.07, 6.45) is 18.8. The van der Waals surface area contributed by atoms with Gasteiger partial charge in [-0.15, -0.1) is 0 Å². The van der Waals surface area contributed by atoms with Crippen molar-refractivity contribution < 1.29 is 37.2 Å². The molecule has 0 fully saturated rings. The van der Waals surface area contributed by atoms with Gasteiger partial charge in [0.1, 0.15) is 11.9 Å². The highest BCUT2D eigenvalue weighted by Gasteiger charge is 2.19. The molecule has 0 aliphatic rings. The highest BCUT2D eigenvalue weighted by Crippen LogP contribution is 2.54. The van der Waals surface area contributed by atoms with Crippen LogP contribution in [0.15, 0.2) is 6.33 Å². The standard InChI is InChI=1S/C27H52N6O8P2/c1-2-3-4-5-6-7-8-9-10-11-12-13-14-15-18-38-19-16-20-40-43(36,37)41-42(34,35)23-39-21-17-33-22-30-24-25(28)31-27(29)32-26(24)33/h22H,2-21,23H2,1H3,(H,34,35)(H,36,37)(H4,28,29,31,32)/p-2. The second-order valence-corrected chi connectivity index (χ2v) is 13.9. The van der Waals surface area contributed by atoms with Gasteiger partial charge < -0.3 is 44.4 Å². The van der Waals surface area contributed by atoms with Crippen LogP contribution in [0.1, 0.15) is 103 Å². The third-order valence-electron chi connectivity index (χ3n) is 6.78. The minimum Gasteiger partial charge on any atom is -0.777 e. The number of phosphoric ester groups is 1. The van der Waals surface area contributed by atoms with Gasteiger partial charge in [0.05, 0.1) is 19.5 Å². The molecular formula is C27H50N6O8P2-2. The second-order valence-electron chi connectivity index (χ2n) is 10.6. The number of rotatable bonds is 27. The Morgan fingerprint density at radius 1 is 0.767 bits per heavy atom. The van der Waals surface area contributed by atoms with E-state index in [1.165, 1.54) is 83.4 Å². The summed E-state index contributed by atoms with van der Waals surface area (Å²) >= 11 is 0. The van der Waals surface area contributed by atoms with E-state index in [1.807, 2.05) is 0 Å². The molecule has 4 N–H and O–H groups in total. The number of ether oxygens (including phenoxy) is 2. The zero-order chi connectivity index (χ0) is 31.4. The number of nitrogen functional groups attached to an aromatic ring is 2. The molecule has 0 amide bonds. The maximum atomic E-state index is 12.0. The zero-order valence-corrected chi connectivity index (χ0v) is 27.3. The van der Waals surface area contributed by atoms with Crippen LogP contribution >= 0.6 is 15.4 Å². The Kier molecular flexibility index (Phi) is 18.5. The number of hydrogen-bond donors (Lipinski definition) is 2. The number of nitrogens with two attached hydrogens (primary N) is 2. The summed E-state index contributed by atoms with van der Waals surface area (Å²) in [7, 11) is -9.94. The molecule has 0 spiro atoms. The Morgan fingerprint density at radius 3 is 1.98 bits per heavy atom. The van der Waals surface area contributed by atoms with Crippen LogP contribution in [0.3, 0.4) is 0 Å². The van der Waals surface area contributed by atoms with E-state index in [0.29, 0.717) is 24.4 Å². The van der Waals surface area contributed by atoms with Crippen LogP contribution in [0.5, 0.6) is 0 Å². The van der Waals surface area contributed by atoms with Gasteiger partial charge in [0.2, 0.25) is 5.95 Å². The van der Waals surface area contributed by atoms with Gasteiger partial charge >= 0.3 is 0 Å². The Balaban J connectivity index is 1.43. The van der Waals surface area contributed by atoms with Crippen LogP contribution in [0.2, 0.25) is 0 Å². The number of anilines is 2. The van der Waals surface area contributed by atoms with Gasteiger partial charge in [-0.2, -0.15) is 9.97 Å². The first-order valence-corrected chi connectivity index (χ1v) is 18.7. The summed E-state index contributed by atoms with van der Waals surface area (Å²) in [5.74, 6) is 0.0790. The number of fused-ring (bicyclic) bond motifs is 1. The number of aromatic nitrogens is 4. The van der Waals surface area contributed by atoms with Gasteiger partial charge in [-0.3, -0.25) is 8.88 Å². The highest BCUT2D eigenvalue weighted by atomic mass is 31.3. The van der Waals surface area contributed by atoms with Crippen LogP contribution in [0, 0.1) is 0 Å². The van der Waals surface area contributed by atoms with E-state index in [1.54, 1.807) is 4.57 Å². The van der Waals surface area contributed by atoms with Crippen LogP contribution in [-0.2, 0) is 34.0 Å². The van der Waals surface area contributed by atoms with Gasteiger partial charge in [-0.05, 0) is 12.8 Å². The molecule has 14 nitrogen and oxygen atoms in total. The quantitative estimate of drug-likeness (QED) is 0.0974. The predicted octanol–water partition coefficient (Wildman–Crippen LogP) is 4.91. The lowest BCUT2D eigenvalue weighted by Crippen LogP contribution is -2.17. The average Bonchev–Trinajstić information content (AvgIpc) is 3.34. The minimum atomic E-state index is -5.07. The lowest BCUT2D eigenvalue weighted by molar-refractivity contribution is -0.233. The predicted molar refractivity (Wildman–Crippen MR) is 163 cm³/mol. The van der Waals surface area contributed by atoms with E-state index in [9.17, 15) is 18.9 Å². The molecule has 0 bridgehead atoms. The summed E-state index contributed by atoms with van der Waals surface area (Å²) in [6.45, 7) is 2.95. The highest BCUT2D eigenvalue weighted by molar-refractivity contribution is 7.62. The van der Waals surface area contributed by atoms with Crippen LogP contribution in [0.25, 0.3) is 11.2 Å². The normalized spacial score (nSPS) is 14.7. The van der Waals surface area contributed by atoms with Crippen LogP contribution in [-0.4, -0.2) is 52.3 Å². The molecular weight excluding hydrogens is 598 g/mol. The van der Waals surface area contributed by atoms with Crippen molar-refractivity contribution in [1.29, 1.82) is 0 Å². The van der Waals surface area contributed by atoms with E-state index >= 15 is 0 Å².